The summed E-state index contributed by atoms with van der Waals surface area (Å²) in [6, 6.07) is 13.6. The highest BCUT2D eigenvalue weighted by molar-refractivity contribution is 9.10. The molecule has 0 aliphatic rings. The number of hydrazone groups is 1. The van der Waals surface area contributed by atoms with Crippen LogP contribution in [0.1, 0.15) is 38.4 Å². The highest BCUT2D eigenvalue weighted by Gasteiger charge is 2.13. The van der Waals surface area contributed by atoms with Crippen molar-refractivity contribution in [3.63, 3.8) is 0 Å². The first-order valence-corrected chi connectivity index (χ1v) is 9.59. The summed E-state index contributed by atoms with van der Waals surface area (Å²) >= 11 is 3.51. The van der Waals surface area contributed by atoms with Crippen LogP contribution >= 0.6 is 15.9 Å². The average molecular weight is 453 g/mol. The van der Waals surface area contributed by atoms with Crippen molar-refractivity contribution in [1.82, 2.24) is 9.99 Å². The van der Waals surface area contributed by atoms with Gasteiger partial charge in [-0.25, -0.2) is 9.82 Å². The van der Waals surface area contributed by atoms with Gasteiger partial charge in [0.25, 0.3) is 5.91 Å². The molecule has 0 fully saturated rings. The number of aryl methyl sites for hydroxylation is 2. The molecule has 0 radical (unpaired) electrons. The van der Waals surface area contributed by atoms with Crippen LogP contribution in [-0.2, 0) is 0 Å². The maximum atomic E-state index is 13.9. The summed E-state index contributed by atoms with van der Waals surface area (Å²) in [5.41, 5.74) is 7.29. The van der Waals surface area contributed by atoms with Gasteiger partial charge < -0.3 is 4.57 Å². The molecule has 1 amide bonds. The van der Waals surface area contributed by atoms with Crippen LogP contribution in [0.2, 0.25) is 0 Å². The number of nitrogens with zero attached hydrogens (tertiary/aromatic N) is 3. The molecule has 0 spiro atoms. The highest BCUT2D eigenvalue weighted by Crippen LogP contribution is 2.24. The number of nitrogens with one attached hydrogen (secondary N) is 1. The van der Waals surface area contributed by atoms with E-state index in [1.165, 1.54) is 18.3 Å². The second kappa shape index (κ2) is 8.41. The minimum absolute atomic E-state index is 0.151. The van der Waals surface area contributed by atoms with E-state index in [0.29, 0.717) is 0 Å². The number of halogens is 2. The van der Waals surface area contributed by atoms with Crippen LogP contribution in [0.3, 0.4) is 0 Å². The van der Waals surface area contributed by atoms with E-state index in [-0.39, 0.29) is 11.1 Å². The van der Waals surface area contributed by atoms with Gasteiger partial charge in [-0.05, 0) is 68.8 Å². The Morgan fingerprint density at radius 2 is 1.97 bits per heavy atom. The van der Waals surface area contributed by atoms with Crippen LogP contribution in [-0.4, -0.2) is 16.7 Å². The van der Waals surface area contributed by atoms with Crippen LogP contribution in [0.5, 0.6) is 0 Å². The molecule has 1 N–H and O–H groups in total. The van der Waals surface area contributed by atoms with Crippen molar-refractivity contribution < 1.29 is 9.18 Å². The Morgan fingerprint density at radius 3 is 2.62 bits per heavy atom. The van der Waals surface area contributed by atoms with Crippen LogP contribution in [0.15, 0.2) is 52.0 Å². The molecule has 1 heterocycles. The lowest BCUT2D eigenvalue weighted by Crippen LogP contribution is -2.19. The van der Waals surface area contributed by atoms with Gasteiger partial charge in [0.05, 0.1) is 23.4 Å². The first-order chi connectivity index (χ1) is 13.8. The van der Waals surface area contributed by atoms with E-state index < -0.39 is 11.7 Å². The largest absolute Gasteiger partial charge is 0.318 e. The van der Waals surface area contributed by atoms with Gasteiger partial charge in [0.1, 0.15) is 5.82 Å². The van der Waals surface area contributed by atoms with Gasteiger partial charge >= 0.3 is 0 Å². The number of amides is 1. The molecule has 0 bridgehead atoms. The topological polar surface area (TPSA) is 70.2 Å². The first-order valence-electron chi connectivity index (χ1n) is 8.80. The monoisotopic (exact) mass is 452 g/mol. The molecule has 2 aromatic carbocycles. The Labute approximate surface area is 176 Å². The van der Waals surface area contributed by atoms with Crippen molar-refractivity contribution in [2.24, 2.45) is 5.10 Å². The van der Waals surface area contributed by atoms with E-state index in [1.807, 2.05) is 45.0 Å². The molecule has 0 saturated heterocycles. The molecular weight excluding hydrogens is 435 g/mol. The number of hydrogen-bond acceptors (Lipinski definition) is 3. The first kappa shape index (κ1) is 20.5. The summed E-state index contributed by atoms with van der Waals surface area (Å²) in [6.45, 7) is 5.99. The zero-order valence-corrected chi connectivity index (χ0v) is 17.7. The van der Waals surface area contributed by atoms with Gasteiger partial charge in [0.15, 0.2) is 0 Å². The number of carbonyl (C=O) groups excluding carboxylic acids is 1. The number of nitriles is 1. The van der Waals surface area contributed by atoms with Crippen molar-refractivity contribution in [3.8, 4) is 11.8 Å². The van der Waals surface area contributed by atoms with Crippen molar-refractivity contribution in [1.29, 1.82) is 5.26 Å². The fourth-order valence-electron chi connectivity index (χ4n) is 3.07. The van der Waals surface area contributed by atoms with Crippen LogP contribution in [0.25, 0.3) is 5.69 Å². The van der Waals surface area contributed by atoms with Crippen molar-refractivity contribution in [2.75, 3.05) is 0 Å². The molecule has 0 atom stereocenters. The van der Waals surface area contributed by atoms with Gasteiger partial charge in [-0.2, -0.15) is 10.4 Å². The van der Waals surface area contributed by atoms with Gasteiger partial charge in [-0.1, -0.05) is 15.9 Å². The summed E-state index contributed by atoms with van der Waals surface area (Å²) in [5.74, 6) is -1.44. The zero-order valence-electron chi connectivity index (χ0n) is 16.1. The number of carbonyl (C=O) groups is 1. The number of hydrogen-bond donors (Lipinski definition) is 1. The van der Waals surface area contributed by atoms with E-state index in [0.717, 1.165) is 38.7 Å². The van der Waals surface area contributed by atoms with Gasteiger partial charge in [0.2, 0.25) is 0 Å². The third-order valence-corrected chi connectivity index (χ3v) is 5.47. The fourth-order valence-corrected chi connectivity index (χ4v) is 3.32. The van der Waals surface area contributed by atoms with Crippen molar-refractivity contribution in [3.05, 3.63) is 86.4 Å². The smallest absolute Gasteiger partial charge is 0.274 e. The summed E-state index contributed by atoms with van der Waals surface area (Å²) in [5, 5.41) is 12.7. The van der Waals surface area contributed by atoms with E-state index in [1.54, 1.807) is 0 Å². The van der Waals surface area contributed by atoms with E-state index in [4.69, 9.17) is 5.26 Å². The lowest BCUT2D eigenvalue weighted by atomic mass is 10.1. The Bertz CT molecular complexity index is 1170. The van der Waals surface area contributed by atoms with Crippen LogP contribution in [0, 0.1) is 37.9 Å². The normalized spacial score (nSPS) is 10.9. The average Bonchev–Trinajstić information content (AvgIpc) is 2.97. The molecule has 7 heteroatoms. The molecule has 3 rings (SSSR count). The number of aromatic nitrogens is 1. The van der Waals surface area contributed by atoms with E-state index in [9.17, 15) is 9.18 Å². The maximum absolute atomic E-state index is 13.9. The molecule has 0 aliphatic carbocycles. The Balaban J connectivity index is 1.80. The van der Waals surface area contributed by atoms with E-state index in [2.05, 4.69) is 37.1 Å². The number of benzene rings is 2. The molecule has 3 aromatic rings. The third-order valence-electron chi connectivity index (χ3n) is 4.58. The Kier molecular flexibility index (Phi) is 5.95. The van der Waals surface area contributed by atoms with Crippen molar-refractivity contribution >= 4 is 28.1 Å². The zero-order chi connectivity index (χ0) is 21.1. The second-order valence-electron chi connectivity index (χ2n) is 6.60. The lowest BCUT2D eigenvalue weighted by Gasteiger charge is -2.11. The summed E-state index contributed by atoms with van der Waals surface area (Å²) in [4.78, 5) is 12.1. The minimum Gasteiger partial charge on any atom is -0.318 e. The Morgan fingerprint density at radius 1 is 1.21 bits per heavy atom. The third kappa shape index (κ3) is 4.28. The van der Waals surface area contributed by atoms with Crippen molar-refractivity contribution in [2.45, 2.75) is 20.8 Å². The molecule has 0 aliphatic heterocycles. The second-order valence-corrected chi connectivity index (χ2v) is 7.46. The van der Waals surface area contributed by atoms with Gasteiger partial charge in [0, 0.05) is 27.1 Å². The molecule has 146 valence electrons. The SMILES string of the molecule is Cc1cc(-n2c(C)cc(/C=N\NC(=O)c3ccc(C#N)cc3F)c2C)ccc1Br. The fraction of sp³-hybridized carbons (Fsp3) is 0.136. The molecule has 0 saturated carbocycles. The molecular formula is C22H18BrFN4O. The summed E-state index contributed by atoms with van der Waals surface area (Å²) < 4.78 is 17.1. The molecule has 0 unspecified atom stereocenters. The van der Waals surface area contributed by atoms with Crippen LogP contribution in [0.4, 0.5) is 4.39 Å². The predicted molar refractivity (Wildman–Crippen MR) is 114 cm³/mol. The van der Waals surface area contributed by atoms with Gasteiger partial charge in [-0.3, -0.25) is 4.79 Å². The van der Waals surface area contributed by atoms with Crippen LogP contribution < -0.4 is 5.43 Å². The summed E-state index contributed by atoms with van der Waals surface area (Å²) in [7, 11) is 0. The quantitative estimate of drug-likeness (QED) is 0.449. The molecule has 5 nitrogen and oxygen atoms in total. The maximum Gasteiger partial charge on any atom is 0.274 e. The predicted octanol–water partition coefficient (Wildman–Crippen LogP) is 4.94. The minimum atomic E-state index is -0.763. The van der Waals surface area contributed by atoms with E-state index >= 15 is 0 Å². The summed E-state index contributed by atoms with van der Waals surface area (Å²) in [6.07, 6.45) is 1.53. The van der Waals surface area contributed by atoms with Gasteiger partial charge in [-0.15, -0.1) is 0 Å². The molecule has 29 heavy (non-hydrogen) atoms. The highest BCUT2D eigenvalue weighted by atomic mass is 79.9. The standard InChI is InChI=1S/C22H18BrFN4O/c1-13-8-18(5-7-20(13)23)28-14(2)9-17(15(28)3)12-26-27-22(29)19-6-4-16(11-25)10-21(19)24/h4-10,12H,1-3H3,(H,27,29)/b26-12-. The lowest BCUT2D eigenvalue weighted by molar-refractivity contribution is 0.0951. The molecule has 1 aromatic heterocycles. The Hall–Kier alpha value is -3.24. The number of rotatable bonds is 4.